The summed E-state index contributed by atoms with van der Waals surface area (Å²) in [5, 5.41) is 2.79. The van der Waals surface area contributed by atoms with Gasteiger partial charge in [-0.3, -0.25) is 9.59 Å². The lowest BCUT2D eigenvalue weighted by molar-refractivity contribution is 0.0730. The number of hydrogen-bond acceptors (Lipinski definition) is 5. The predicted octanol–water partition coefficient (Wildman–Crippen LogP) is 4.80. The van der Waals surface area contributed by atoms with Crippen LogP contribution in [0, 0.1) is 6.92 Å². The second-order valence-corrected chi connectivity index (χ2v) is 12.1. The molecule has 0 saturated carbocycles. The Kier molecular flexibility index (Phi) is 7.64. The highest BCUT2D eigenvalue weighted by Crippen LogP contribution is 2.25. The first kappa shape index (κ1) is 26.7. The second-order valence-electron chi connectivity index (χ2n) is 10.2. The maximum Gasteiger partial charge on any atom is 0.255 e. The number of aryl methyl sites for hydroxylation is 1. The first-order valence-corrected chi connectivity index (χ1v) is 13.7. The van der Waals surface area contributed by atoms with Gasteiger partial charge in [-0.25, -0.2) is 8.42 Å². The van der Waals surface area contributed by atoms with Crippen LogP contribution in [-0.4, -0.2) is 50.7 Å². The highest BCUT2D eigenvalue weighted by Gasteiger charge is 2.28. The highest BCUT2D eigenvalue weighted by atomic mass is 32.2. The molecule has 3 aromatic carbocycles. The topological polar surface area (TPSA) is 92.8 Å². The first-order valence-electron chi connectivity index (χ1n) is 12.2. The lowest BCUT2D eigenvalue weighted by Crippen LogP contribution is -2.40. The van der Waals surface area contributed by atoms with E-state index in [1.807, 2.05) is 24.3 Å². The Morgan fingerprint density at radius 3 is 2.16 bits per heavy atom. The van der Waals surface area contributed by atoms with Crippen molar-refractivity contribution in [3.8, 4) is 0 Å². The zero-order valence-corrected chi connectivity index (χ0v) is 22.4. The van der Waals surface area contributed by atoms with Gasteiger partial charge in [-0.15, -0.1) is 0 Å². The fraction of sp³-hybridized carbons (Fsp3) is 0.310. The van der Waals surface area contributed by atoms with Crippen LogP contribution >= 0.6 is 0 Å². The normalized spacial score (nSPS) is 14.8. The molecule has 7 nitrogen and oxygen atoms in total. The lowest BCUT2D eigenvalue weighted by Gasteiger charge is -2.26. The predicted molar refractivity (Wildman–Crippen MR) is 144 cm³/mol. The van der Waals surface area contributed by atoms with Gasteiger partial charge in [0.1, 0.15) is 0 Å². The number of carbonyl (C=O) groups is 2. The van der Waals surface area contributed by atoms with E-state index in [-0.39, 0.29) is 34.7 Å². The number of morpholine rings is 1. The minimum atomic E-state index is -3.75. The van der Waals surface area contributed by atoms with Crippen molar-refractivity contribution < 1.29 is 22.7 Å². The molecule has 1 aliphatic rings. The Balaban J connectivity index is 1.53. The van der Waals surface area contributed by atoms with Crippen LogP contribution in [-0.2, 0) is 20.2 Å². The van der Waals surface area contributed by atoms with Gasteiger partial charge in [-0.1, -0.05) is 63.2 Å². The summed E-state index contributed by atoms with van der Waals surface area (Å²) < 4.78 is 33.0. The number of nitrogens with one attached hydrogen (secondary N) is 1. The van der Waals surface area contributed by atoms with Crippen molar-refractivity contribution in [1.82, 2.24) is 4.31 Å². The maximum atomic E-state index is 13.2. The molecule has 1 fully saturated rings. The van der Waals surface area contributed by atoms with Crippen LogP contribution in [0.25, 0.3) is 0 Å². The van der Waals surface area contributed by atoms with Gasteiger partial charge < -0.3 is 10.1 Å². The molecule has 0 spiro atoms. The van der Waals surface area contributed by atoms with Crippen LogP contribution in [0.2, 0.25) is 0 Å². The summed E-state index contributed by atoms with van der Waals surface area (Å²) in [5.41, 5.74) is 3.36. The van der Waals surface area contributed by atoms with Crippen LogP contribution in [0.1, 0.15) is 58.2 Å². The van der Waals surface area contributed by atoms with Crippen molar-refractivity contribution in [2.24, 2.45) is 0 Å². The molecule has 1 saturated heterocycles. The lowest BCUT2D eigenvalue weighted by atomic mass is 9.86. The molecule has 37 heavy (non-hydrogen) atoms. The number of nitrogens with zero attached hydrogens (tertiary/aromatic N) is 1. The van der Waals surface area contributed by atoms with E-state index in [9.17, 15) is 18.0 Å². The molecule has 0 bridgehead atoms. The van der Waals surface area contributed by atoms with Gasteiger partial charge in [-0.2, -0.15) is 4.31 Å². The number of benzene rings is 3. The number of carbonyl (C=O) groups excluding carboxylic acids is 2. The third kappa shape index (κ3) is 5.98. The summed E-state index contributed by atoms with van der Waals surface area (Å²) in [4.78, 5) is 26.2. The van der Waals surface area contributed by atoms with E-state index >= 15 is 0 Å². The molecule has 0 unspecified atom stereocenters. The Morgan fingerprint density at radius 1 is 0.865 bits per heavy atom. The number of ether oxygens (including phenoxy) is 1. The van der Waals surface area contributed by atoms with Crippen molar-refractivity contribution in [2.75, 3.05) is 31.6 Å². The molecule has 0 aromatic heterocycles. The number of hydrogen-bond donors (Lipinski definition) is 1. The number of amides is 1. The zero-order valence-electron chi connectivity index (χ0n) is 21.6. The molecule has 1 N–H and O–H groups in total. The number of rotatable bonds is 6. The summed E-state index contributed by atoms with van der Waals surface area (Å²) in [6.07, 6.45) is 0. The van der Waals surface area contributed by atoms with Gasteiger partial charge in [0, 0.05) is 35.5 Å². The summed E-state index contributed by atoms with van der Waals surface area (Å²) >= 11 is 0. The van der Waals surface area contributed by atoms with E-state index < -0.39 is 15.9 Å². The van der Waals surface area contributed by atoms with Crippen LogP contribution in [0.5, 0.6) is 0 Å². The van der Waals surface area contributed by atoms with Crippen molar-refractivity contribution in [3.63, 3.8) is 0 Å². The zero-order chi connectivity index (χ0) is 26.8. The largest absolute Gasteiger partial charge is 0.379 e. The molecule has 4 rings (SSSR count). The summed E-state index contributed by atoms with van der Waals surface area (Å²) in [7, 11) is -3.75. The SMILES string of the molecule is Cc1ccc(C(=O)Nc2cccc(C(=O)c3ccc(C(C)(C)C)cc3)c2)cc1S(=O)(=O)N1CCOCC1. The average Bonchev–Trinajstić information content (AvgIpc) is 2.88. The monoisotopic (exact) mass is 520 g/mol. The maximum absolute atomic E-state index is 13.2. The molecule has 0 radical (unpaired) electrons. The van der Waals surface area contributed by atoms with E-state index in [2.05, 4.69) is 26.1 Å². The van der Waals surface area contributed by atoms with Gasteiger partial charge >= 0.3 is 0 Å². The van der Waals surface area contributed by atoms with E-state index in [1.54, 1.807) is 43.3 Å². The van der Waals surface area contributed by atoms with E-state index in [4.69, 9.17) is 4.74 Å². The van der Waals surface area contributed by atoms with E-state index in [0.717, 1.165) is 5.56 Å². The summed E-state index contributed by atoms with van der Waals surface area (Å²) in [6, 6.07) is 18.9. The first-order chi connectivity index (χ1) is 17.5. The van der Waals surface area contributed by atoms with Crippen LogP contribution in [0.3, 0.4) is 0 Å². The Hall–Kier alpha value is -3.33. The fourth-order valence-corrected chi connectivity index (χ4v) is 5.83. The quantitative estimate of drug-likeness (QED) is 0.472. The minimum Gasteiger partial charge on any atom is -0.379 e. The number of ketones is 1. The molecule has 0 atom stereocenters. The number of anilines is 1. The Labute approximate surface area is 218 Å². The van der Waals surface area contributed by atoms with Crippen molar-refractivity contribution >= 4 is 27.4 Å². The molecule has 1 heterocycles. The highest BCUT2D eigenvalue weighted by molar-refractivity contribution is 7.89. The summed E-state index contributed by atoms with van der Waals surface area (Å²) in [6.45, 7) is 9.29. The molecular weight excluding hydrogens is 488 g/mol. The van der Waals surface area contributed by atoms with E-state index in [0.29, 0.717) is 35.6 Å². The van der Waals surface area contributed by atoms with E-state index in [1.165, 1.54) is 10.4 Å². The summed E-state index contributed by atoms with van der Waals surface area (Å²) in [5.74, 6) is -0.608. The van der Waals surface area contributed by atoms with Gasteiger partial charge in [0.15, 0.2) is 5.78 Å². The second kappa shape index (κ2) is 10.6. The molecule has 194 valence electrons. The van der Waals surface area contributed by atoms with Gasteiger partial charge in [-0.05, 0) is 47.7 Å². The molecule has 0 aliphatic carbocycles. The third-order valence-corrected chi connectivity index (χ3v) is 8.47. The Morgan fingerprint density at radius 2 is 1.51 bits per heavy atom. The molecule has 1 amide bonds. The van der Waals surface area contributed by atoms with Gasteiger partial charge in [0.2, 0.25) is 10.0 Å². The average molecular weight is 521 g/mol. The third-order valence-electron chi connectivity index (χ3n) is 6.43. The molecule has 1 aliphatic heterocycles. The molecular formula is C29H32N2O5S. The molecule has 3 aromatic rings. The van der Waals surface area contributed by atoms with Crippen LogP contribution in [0.15, 0.2) is 71.6 Å². The van der Waals surface area contributed by atoms with Crippen LogP contribution < -0.4 is 5.32 Å². The van der Waals surface area contributed by atoms with Crippen molar-refractivity contribution in [3.05, 3.63) is 94.5 Å². The smallest absolute Gasteiger partial charge is 0.255 e. The Bertz CT molecular complexity index is 1420. The standard InChI is InChI=1S/C29H32N2O5S/c1-20-8-9-23(19-26(20)37(34,35)31-14-16-36-17-15-31)28(33)30-25-7-5-6-22(18-25)27(32)21-10-12-24(13-11-21)29(2,3)4/h5-13,18-19H,14-17H2,1-4H3,(H,30,33). The van der Waals surface area contributed by atoms with Crippen molar-refractivity contribution in [1.29, 1.82) is 0 Å². The minimum absolute atomic E-state index is 0.0108. The van der Waals surface area contributed by atoms with Gasteiger partial charge in [0.05, 0.1) is 18.1 Å². The molecule has 8 heteroatoms. The van der Waals surface area contributed by atoms with Crippen LogP contribution in [0.4, 0.5) is 5.69 Å². The fourth-order valence-electron chi connectivity index (χ4n) is 4.18. The number of sulfonamides is 1. The van der Waals surface area contributed by atoms with Gasteiger partial charge in [0.25, 0.3) is 5.91 Å². The van der Waals surface area contributed by atoms with Crippen molar-refractivity contribution in [2.45, 2.75) is 38.0 Å².